The maximum absolute atomic E-state index is 10.9. The zero-order chi connectivity index (χ0) is 13.1. The second kappa shape index (κ2) is 4.72. The Morgan fingerprint density at radius 1 is 1.44 bits per heavy atom. The zero-order valence-electron chi connectivity index (χ0n) is 9.79. The quantitative estimate of drug-likeness (QED) is 0.888. The van der Waals surface area contributed by atoms with Gasteiger partial charge in [0.2, 0.25) is 0 Å². The van der Waals surface area contributed by atoms with E-state index in [1.165, 1.54) is 6.20 Å². The highest BCUT2D eigenvalue weighted by atomic mass is 16.4. The van der Waals surface area contributed by atoms with Gasteiger partial charge in [-0.2, -0.15) is 10.4 Å². The summed E-state index contributed by atoms with van der Waals surface area (Å²) in [6, 6.07) is 9.16. The van der Waals surface area contributed by atoms with Crippen molar-refractivity contribution in [1.82, 2.24) is 9.78 Å². The van der Waals surface area contributed by atoms with Gasteiger partial charge in [0.1, 0.15) is 5.56 Å². The van der Waals surface area contributed by atoms with Crippen LogP contribution in [0.15, 0.2) is 30.5 Å². The normalized spacial score (nSPS) is 10.0. The molecule has 90 valence electrons. The molecule has 0 aliphatic heterocycles. The van der Waals surface area contributed by atoms with E-state index in [0.29, 0.717) is 17.8 Å². The number of carbonyl (C=O) groups is 1. The van der Waals surface area contributed by atoms with Gasteiger partial charge < -0.3 is 5.11 Å². The molecule has 0 spiro atoms. The third-order valence-electron chi connectivity index (χ3n) is 2.60. The molecule has 5 heteroatoms. The molecule has 0 amide bonds. The van der Waals surface area contributed by atoms with Gasteiger partial charge in [-0.3, -0.25) is 4.68 Å². The summed E-state index contributed by atoms with van der Waals surface area (Å²) in [7, 11) is 0. The topological polar surface area (TPSA) is 78.9 Å². The average molecular weight is 241 g/mol. The van der Waals surface area contributed by atoms with Crippen molar-refractivity contribution >= 4 is 5.97 Å². The minimum absolute atomic E-state index is 0.212. The molecule has 1 aromatic carbocycles. The number of hydrogen-bond donors (Lipinski definition) is 1. The number of carboxylic acids is 1. The number of aryl methyl sites for hydroxylation is 1. The van der Waals surface area contributed by atoms with Gasteiger partial charge in [0.25, 0.3) is 0 Å². The van der Waals surface area contributed by atoms with Crippen molar-refractivity contribution in [2.24, 2.45) is 0 Å². The minimum atomic E-state index is -0.974. The Balaban J connectivity index is 2.21. The molecular formula is C13H11N3O2. The highest BCUT2D eigenvalue weighted by molar-refractivity contribution is 5.88. The van der Waals surface area contributed by atoms with Crippen molar-refractivity contribution in [1.29, 1.82) is 5.26 Å². The van der Waals surface area contributed by atoms with Crippen molar-refractivity contribution in [3.8, 4) is 6.07 Å². The number of aromatic nitrogens is 2. The van der Waals surface area contributed by atoms with Crippen LogP contribution in [0.25, 0.3) is 0 Å². The third-order valence-corrected chi connectivity index (χ3v) is 2.60. The third kappa shape index (κ3) is 2.38. The predicted octanol–water partition coefficient (Wildman–Crippen LogP) is 1.81. The average Bonchev–Trinajstić information content (AvgIpc) is 2.71. The van der Waals surface area contributed by atoms with Gasteiger partial charge in [0.05, 0.1) is 23.9 Å². The Morgan fingerprint density at radius 3 is 2.61 bits per heavy atom. The Bertz CT molecular complexity index is 621. The van der Waals surface area contributed by atoms with Crippen molar-refractivity contribution in [3.63, 3.8) is 0 Å². The molecule has 1 N–H and O–H groups in total. The summed E-state index contributed by atoms with van der Waals surface area (Å²) in [5.74, 6) is -0.974. The molecule has 2 aromatic rings. The van der Waals surface area contributed by atoms with Gasteiger partial charge in [-0.15, -0.1) is 0 Å². The van der Waals surface area contributed by atoms with E-state index in [9.17, 15) is 4.79 Å². The molecule has 1 heterocycles. The lowest BCUT2D eigenvalue weighted by molar-refractivity contribution is 0.0696. The molecule has 2 rings (SSSR count). The Morgan fingerprint density at radius 2 is 2.11 bits per heavy atom. The van der Waals surface area contributed by atoms with E-state index in [2.05, 4.69) is 5.10 Å². The van der Waals surface area contributed by atoms with Gasteiger partial charge >= 0.3 is 5.97 Å². The molecule has 0 saturated heterocycles. The van der Waals surface area contributed by atoms with Crippen LogP contribution in [0.2, 0.25) is 0 Å². The van der Waals surface area contributed by atoms with Crippen molar-refractivity contribution < 1.29 is 9.90 Å². The molecule has 0 aliphatic carbocycles. The van der Waals surface area contributed by atoms with E-state index in [4.69, 9.17) is 10.4 Å². The molecule has 5 nitrogen and oxygen atoms in total. The molecule has 0 unspecified atom stereocenters. The smallest absolute Gasteiger partial charge is 0.339 e. The van der Waals surface area contributed by atoms with Crippen LogP contribution in [0.4, 0.5) is 0 Å². The van der Waals surface area contributed by atoms with Crippen molar-refractivity contribution in [2.75, 3.05) is 0 Å². The first-order valence-electron chi connectivity index (χ1n) is 5.36. The summed E-state index contributed by atoms with van der Waals surface area (Å²) in [5, 5.41) is 21.8. The number of aromatic carboxylic acids is 1. The number of nitriles is 1. The lowest BCUT2D eigenvalue weighted by Crippen LogP contribution is -2.00. The van der Waals surface area contributed by atoms with Gasteiger partial charge in [0.15, 0.2) is 0 Å². The number of nitrogens with zero attached hydrogens (tertiary/aromatic N) is 3. The van der Waals surface area contributed by atoms with E-state index < -0.39 is 5.97 Å². The van der Waals surface area contributed by atoms with Crippen LogP contribution >= 0.6 is 0 Å². The summed E-state index contributed by atoms with van der Waals surface area (Å²) >= 11 is 0. The van der Waals surface area contributed by atoms with E-state index in [1.807, 2.05) is 18.2 Å². The Kier molecular flexibility index (Phi) is 3.11. The summed E-state index contributed by atoms with van der Waals surface area (Å²) in [6.45, 7) is 2.15. The summed E-state index contributed by atoms with van der Waals surface area (Å²) in [4.78, 5) is 10.9. The van der Waals surface area contributed by atoms with Crippen LogP contribution in [0.1, 0.15) is 27.2 Å². The summed E-state index contributed by atoms with van der Waals surface area (Å²) in [5.41, 5.74) is 2.27. The lowest BCUT2D eigenvalue weighted by atomic mass is 10.1. The van der Waals surface area contributed by atoms with Gasteiger partial charge in [-0.1, -0.05) is 12.1 Å². The monoisotopic (exact) mass is 241 g/mol. The fraction of sp³-hybridized carbons (Fsp3) is 0.154. The van der Waals surface area contributed by atoms with Crippen LogP contribution in [-0.4, -0.2) is 20.9 Å². The number of rotatable bonds is 3. The fourth-order valence-corrected chi connectivity index (χ4v) is 1.68. The summed E-state index contributed by atoms with van der Waals surface area (Å²) in [6.07, 6.45) is 1.51. The second-order valence-electron chi connectivity index (χ2n) is 3.94. The van der Waals surface area contributed by atoms with E-state index >= 15 is 0 Å². The number of hydrogen-bond acceptors (Lipinski definition) is 3. The Hall–Kier alpha value is -2.61. The Labute approximate surface area is 104 Å². The predicted molar refractivity (Wildman–Crippen MR) is 64.2 cm³/mol. The SMILES string of the molecule is Cc1nn(Cc2ccc(C#N)cc2)cc1C(=O)O. The highest BCUT2D eigenvalue weighted by Gasteiger charge is 2.11. The molecule has 0 saturated carbocycles. The molecule has 1 aromatic heterocycles. The highest BCUT2D eigenvalue weighted by Crippen LogP contribution is 2.09. The van der Waals surface area contributed by atoms with Gasteiger partial charge in [-0.25, -0.2) is 4.79 Å². The van der Waals surface area contributed by atoms with Crippen LogP contribution in [0.5, 0.6) is 0 Å². The zero-order valence-corrected chi connectivity index (χ0v) is 9.79. The maximum atomic E-state index is 10.9. The molecule has 0 fully saturated rings. The van der Waals surface area contributed by atoms with Crippen molar-refractivity contribution in [2.45, 2.75) is 13.5 Å². The van der Waals surface area contributed by atoms with Crippen LogP contribution < -0.4 is 0 Å². The van der Waals surface area contributed by atoms with E-state index in [0.717, 1.165) is 5.56 Å². The minimum Gasteiger partial charge on any atom is -0.478 e. The number of carboxylic acid groups (broad SMARTS) is 1. The molecular weight excluding hydrogens is 230 g/mol. The van der Waals surface area contributed by atoms with E-state index in [1.54, 1.807) is 23.7 Å². The first kappa shape index (κ1) is 11.9. The molecule has 0 atom stereocenters. The van der Waals surface area contributed by atoms with Gasteiger partial charge in [0, 0.05) is 6.20 Å². The molecule has 0 bridgehead atoms. The summed E-state index contributed by atoms with van der Waals surface area (Å²) < 4.78 is 1.58. The standard InChI is InChI=1S/C13H11N3O2/c1-9-12(13(17)18)8-16(15-9)7-11-4-2-10(6-14)3-5-11/h2-5,8H,7H2,1H3,(H,17,18). The molecule has 0 radical (unpaired) electrons. The molecule has 18 heavy (non-hydrogen) atoms. The fourth-order valence-electron chi connectivity index (χ4n) is 1.68. The first-order chi connectivity index (χ1) is 8.60. The van der Waals surface area contributed by atoms with Crippen LogP contribution in [0.3, 0.4) is 0 Å². The second-order valence-corrected chi connectivity index (χ2v) is 3.94. The largest absolute Gasteiger partial charge is 0.478 e. The number of benzene rings is 1. The van der Waals surface area contributed by atoms with Crippen LogP contribution in [0, 0.1) is 18.3 Å². The molecule has 0 aliphatic rings. The lowest BCUT2D eigenvalue weighted by Gasteiger charge is -2.01. The van der Waals surface area contributed by atoms with Gasteiger partial charge in [-0.05, 0) is 24.6 Å². The van der Waals surface area contributed by atoms with Crippen molar-refractivity contribution in [3.05, 3.63) is 52.8 Å². The first-order valence-corrected chi connectivity index (χ1v) is 5.36. The maximum Gasteiger partial charge on any atom is 0.339 e. The van der Waals surface area contributed by atoms with Crippen LogP contribution in [-0.2, 0) is 6.54 Å². The van der Waals surface area contributed by atoms with E-state index in [-0.39, 0.29) is 5.56 Å².